The SMILES string of the molecule is COCC1(CNS(=O)(=O)c2cnn(C3CCOCC3)c2)CCNCC1. The lowest BCUT2D eigenvalue weighted by Crippen LogP contribution is -2.47. The van der Waals surface area contributed by atoms with Gasteiger partial charge in [0.2, 0.25) is 10.0 Å². The Morgan fingerprint density at radius 3 is 2.80 bits per heavy atom. The van der Waals surface area contributed by atoms with Crippen LogP contribution < -0.4 is 10.0 Å². The molecule has 8 nitrogen and oxygen atoms in total. The van der Waals surface area contributed by atoms with Crippen LogP contribution >= 0.6 is 0 Å². The molecule has 0 amide bonds. The molecule has 2 aliphatic rings. The van der Waals surface area contributed by atoms with Crippen LogP contribution in [0.2, 0.25) is 0 Å². The maximum Gasteiger partial charge on any atom is 0.243 e. The van der Waals surface area contributed by atoms with E-state index < -0.39 is 10.0 Å². The molecule has 0 bridgehead atoms. The van der Waals surface area contributed by atoms with Crippen LogP contribution in [0, 0.1) is 5.41 Å². The largest absolute Gasteiger partial charge is 0.384 e. The highest BCUT2D eigenvalue weighted by atomic mass is 32.2. The van der Waals surface area contributed by atoms with Crippen molar-refractivity contribution in [1.82, 2.24) is 19.8 Å². The van der Waals surface area contributed by atoms with E-state index in [1.54, 1.807) is 18.0 Å². The first-order valence-electron chi connectivity index (χ1n) is 8.86. The van der Waals surface area contributed by atoms with Crippen molar-refractivity contribution in [1.29, 1.82) is 0 Å². The quantitative estimate of drug-likeness (QED) is 0.725. The van der Waals surface area contributed by atoms with Crippen LogP contribution in [0.25, 0.3) is 0 Å². The molecule has 0 spiro atoms. The molecular weight excluding hydrogens is 344 g/mol. The van der Waals surface area contributed by atoms with Gasteiger partial charge in [-0.25, -0.2) is 13.1 Å². The average Bonchev–Trinajstić information content (AvgIpc) is 3.13. The maximum absolute atomic E-state index is 12.7. The second-order valence-corrected chi connectivity index (χ2v) is 8.77. The molecule has 0 aromatic carbocycles. The van der Waals surface area contributed by atoms with E-state index >= 15 is 0 Å². The smallest absolute Gasteiger partial charge is 0.243 e. The first-order valence-corrected chi connectivity index (χ1v) is 10.3. The van der Waals surface area contributed by atoms with Gasteiger partial charge in [0, 0.05) is 38.5 Å². The number of piperidine rings is 1. The second-order valence-electron chi connectivity index (χ2n) is 7.01. The van der Waals surface area contributed by atoms with Gasteiger partial charge in [0.15, 0.2) is 0 Å². The van der Waals surface area contributed by atoms with E-state index in [4.69, 9.17) is 9.47 Å². The predicted octanol–water partition coefficient (Wildman–Crippen LogP) is 0.529. The van der Waals surface area contributed by atoms with E-state index in [1.807, 2.05) is 0 Å². The third-order valence-corrected chi connectivity index (χ3v) is 6.56. The van der Waals surface area contributed by atoms with Gasteiger partial charge in [0.1, 0.15) is 4.90 Å². The highest BCUT2D eigenvalue weighted by molar-refractivity contribution is 7.89. The van der Waals surface area contributed by atoms with Crippen molar-refractivity contribution in [3.8, 4) is 0 Å². The van der Waals surface area contributed by atoms with Gasteiger partial charge in [0.25, 0.3) is 0 Å². The Morgan fingerprint density at radius 1 is 1.40 bits per heavy atom. The molecule has 25 heavy (non-hydrogen) atoms. The van der Waals surface area contributed by atoms with Crippen molar-refractivity contribution in [3.05, 3.63) is 12.4 Å². The third kappa shape index (κ3) is 4.59. The highest BCUT2D eigenvalue weighted by Crippen LogP contribution is 2.29. The Labute approximate surface area is 149 Å². The summed E-state index contributed by atoms with van der Waals surface area (Å²) in [6.45, 7) is 4.09. The summed E-state index contributed by atoms with van der Waals surface area (Å²) < 4.78 is 40.6. The first kappa shape index (κ1) is 18.8. The Bertz CT molecular complexity index is 643. The lowest BCUT2D eigenvalue weighted by Gasteiger charge is -2.37. The molecule has 3 heterocycles. The van der Waals surface area contributed by atoms with Crippen molar-refractivity contribution >= 4 is 10.0 Å². The highest BCUT2D eigenvalue weighted by Gasteiger charge is 2.34. The van der Waals surface area contributed by atoms with Crippen LogP contribution in [-0.2, 0) is 19.5 Å². The van der Waals surface area contributed by atoms with Crippen molar-refractivity contribution in [2.24, 2.45) is 5.41 Å². The van der Waals surface area contributed by atoms with Crippen LogP contribution in [0.4, 0.5) is 0 Å². The Kier molecular flexibility index (Phi) is 6.11. The zero-order valence-electron chi connectivity index (χ0n) is 14.7. The van der Waals surface area contributed by atoms with Gasteiger partial charge in [-0.2, -0.15) is 5.10 Å². The van der Waals surface area contributed by atoms with Crippen LogP contribution in [0.3, 0.4) is 0 Å². The summed E-state index contributed by atoms with van der Waals surface area (Å²) in [6, 6.07) is 0.210. The number of nitrogens with zero attached hydrogens (tertiary/aromatic N) is 2. The van der Waals surface area contributed by atoms with Crippen molar-refractivity contribution in [2.75, 3.05) is 46.6 Å². The fourth-order valence-corrected chi connectivity index (χ4v) is 4.67. The van der Waals surface area contributed by atoms with Crippen LogP contribution in [0.5, 0.6) is 0 Å². The predicted molar refractivity (Wildman–Crippen MR) is 92.9 cm³/mol. The molecule has 0 unspecified atom stereocenters. The molecule has 0 saturated carbocycles. The molecular formula is C16H28N4O4S. The van der Waals surface area contributed by atoms with Gasteiger partial charge in [-0.3, -0.25) is 4.68 Å². The van der Waals surface area contributed by atoms with Crippen molar-refractivity contribution in [3.63, 3.8) is 0 Å². The summed E-state index contributed by atoms with van der Waals surface area (Å²) in [5, 5.41) is 7.57. The van der Waals surface area contributed by atoms with Crippen LogP contribution in [-0.4, -0.2) is 64.8 Å². The van der Waals surface area contributed by atoms with Gasteiger partial charge in [-0.1, -0.05) is 0 Å². The number of sulfonamides is 1. The molecule has 1 aromatic heterocycles. The van der Waals surface area contributed by atoms with E-state index in [2.05, 4.69) is 15.1 Å². The molecule has 1 aromatic rings. The van der Waals surface area contributed by atoms with Crippen molar-refractivity contribution in [2.45, 2.75) is 36.6 Å². The number of aromatic nitrogens is 2. The molecule has 2 saturated heterocycles. The zero-order valence-corrected chi connectivity index (χ0v) is 15.6. The topological polar surface area (TPSA) is 94.5 Å². The van der Waals surface area contributed by atoms with Crippen molar-refractivity contribution < 1.29 is 17.9 Å². The van der Waals surface area contributed by atoms with Gasteiger partial charge in [-0.15, -0.1) is 0 Å². The van der Waals surface area contributed by atoms with Crippen LogP contribution in [0.1, 0.15) is 31.7 Å². The van der Waals surface area contributed by atoms with Gasteiger partial charge < -0.3 is 14.8 Å². The van der Waals surface area contributed by atoms with Gasteiger partial charge >= 0.3 is 0 Å². The normalized spacial score (nSPS) is 22.1. The molecule has 2 fully saturated rings. The zero-order chi connectivity index (χ0) is 17.8. The van der Waals surface area contributed by atoms with Crippen LogP contribution in [0.15, 0.2) is 17.3 Å². The first-order chi connectivity index (χ1) is 12.0. The van der Waals surface area contributed by atoms with E-state index in [0.29, 0.717) is 26.4 Å². The molecule has 0 radical (unpaired) electrons. The number of ether oxygens (including phenoxy) is 2. The lowest BCUT2D eigenvalue weighted by atomic mass is 9.80. The summed E-state index contributed by atoms with van der Waals surface area (Å²) in [5.41, 5.74) is -0.149. The van der Waals surface area contributed by atoms with E-state index in [-0.39, 0.29) is 16.4 Å². The minimum absolute atomic E-state index is 0.149. The minimum Gasteiger partial charge on any atom is -0.384 e. The third-order valence-electron chi connectivity index (χ3n) is 5.20. The minimum atomic E-state index is -3.57. The summed E-state index contributed by atoms with van der Waals surface area (Å²) in [5.74, 6) is 0. The molecule has 2 aliphatic heterocycles. The molecule has 0 aliphatic carbocycles. The second kappa shape index (κ2) is 8.13. The van der Waals surface area contributed by atoms with E-state index in [9.17, 15) is 8.42 Å². The van der Waals surface area contributed by atoms with E-state index in [0.717, 1.165) is 38.8 Å². The fraction of sp³-hybridized carbons (Fsp3) is 0.812. The monoisotopic (exact) mass is 372 g/mol. The molecule has 0 atom stereocenters. The lowest BCUT2D eigenvalue weighted by molar-refractivity contribution is 0.0577. The fourth-order valence-electron chi connectivity index (χ4n) is 3.58. The standard InChI is InChI=1S/C16H28N4O4S/c1-23-13-16(4-6-17-7-5-16)12-19-25(21,22)15-10-18-20(11-15)14-2-8-24-9-3-14/h10-11,14,17,19H,2-9,12-13H2,1H3. The number of hydrogen-bond acceptors (Lipinski definition) is 6. The number of rotatable bonds is 7. The Balaban J connectivity index is 1.65. The molecule has 142 valence electrons. The number of nitrogens with one attached hydrogen (secondary N) is 2. The van der Waals surface area contributed by atoms with E-state index in [1.165, 1.54) is 6.20 Å². The average molecular weight is 372 g/mol. The molecule has 2 N–H and O–H groups in total. The summed E-state index contributed by atoms with van der Waals surface area (Å²) in [4.78, 5) is 0.223. The number of methoxy groups -OCH3 is 1. The molecule has 9 heteroatoms. The van der Waals surface area contributed by atoms with Gasteiger partial charge in [-0.05, 0) is 38.8 Å². The summed E-state index contributed by atoms with van der Waals surface area (Å²) in [7, 11) is -1.91. The Hall–Kier alpha value is -1.00. The summed E-state index contributed by atoms with van der Waals surface area (Å²) in [6.07, 6.45) is 6.57. The molecule has 3 rings (SSSR count). The van der Waals surface area contributed by atoms with Gasteiger partial charge in [0.05, 0.1) is 18.8 Å². The summed E-state index contributed by atoms with van der Waals surface area (Å²) >= 11 is 0. The number of hydrogen-bond donors (Lipinski definition) is 2. The Morgan fingerprint density at radius 2 is 2.12 bits per heavy atom. The maximum atomic E-state index is 12.7.